The first kappa shape index (κ1) is 17.0. The van der Waals surface area contributed by atoms with Gasteiger partial charge < -0.3 is 5.32 Å². The molecular weight excluding hydrogens is 366 g/mol. The van der Waals surface area contributed by atoms with E-state index in [4.69, 9.17) is 0 Å². The number of amides is 1. The van der Waals surface area contributed by atoms with Crippen molar-refractivity contribution < 1.29 is 4.79 Å². The van der Waals surface area contributed by atoms with Crippen LogP contribution in [0.1, 0.15) is 20.8 Å². The van der Waals surface area contributed by atoms with Crippen molar-refractivity contribution in [2.24, 2.45) is 7.05 Å². The molecule has 0 spiro atoms. The summed E-state index contributed by atoms with van der Waals surface area (Å²) in [5, 5.41) is 26.8. The van der Waals surface area contributed by atoms with Crippen molar-refractivity contribution in [3.8, 4) is 16.4 Å². The van der Waals surface area contributed by atoms with Gasteiger partial charge in [-0.25, -0.2) is 0 Å². The topological polar surface area (TPSA) is 116 Å². The molecule has 0 aliphatic carbocycles. The quantitative estimate of drug-likeness (QED) is 0.573. The summed E-state index contributed by atoms with van der Waals surface area (Å²) in [4.78, 5) is 15.4. The summed E-state index contributed by atoms with van der Waals surface area (Å²) >= 11 is 1.47. The van der Waals surface area contributed by atoms with Gasteiger partial charge in [0.25, 0.3) is 5.91 Å². The van der Waals surface area contributed by atoms with E-state index in [-0.39, 0.29) is 5.91 Å². The second-order valence-corrected chi connectivity index (χ2v) is 7.06. The molecule has 1 aromatic carbocycles. The van der Waals surface area contributed by atoms with Gasteiger partial charge in [0, 0.05) is 16.1 Å². The zero-order chi connectivity index (χ0) is 19.0. The Hall–Kier alpha value is -3.47. The Kier molecular flexibility index (Phi) is 4.20. The van der Waals surface area contributed by atoms with E-state index in [1.54, 1.807) is 13.1 Å². The lowest BCUT2D eigenvalue weighted by Gasteiger charge is -2.08. The number of tetrazole rings is 2. The molecule has 0 radical (unpaired) electrons. The minimum atomic E-state index is -0.230. The molecule has 1 N–H and O–H groups in total. The van der Waals surface area contributed by atoms with Crippen LogP contribution in [0.15, 0.2) is 30.6 Å². The minimum Gasteiger partial charge on any atom is -0.322 e. The van der Waals surface area contributed by atoms with Crippen LogP contribution in [0.4, 0.5) is 5.69 Å². The minimum absolute atomic E-state index is 0.230. The van der Waals surface area contributed by atoms with Crippen LogP contribution >= 0.6 is 11.3 Å². The second-order valence-electron chi connectivity index (χ2n) is 5.86. The van der Waals surface area contributed by atoms with Crippen LogP contribution in [-0.2, 0) is 7.05 Å². The molecule has 0 saturated carbocycles. The lowest BCUT2D eigenvalue weighted by Crippen LogP contribution is -2.15. The van der Waals surface area contributed by atoms with Crippen LogP contribution < -0.4 is 5.32 Å². The number of benzene rings is 1. The average Bonchev–Trinajstić information content (AvgIpc) is 3.37. The van der Waals surface area contributed by atoms with Gasteiger partial charge in [0.05, 0.1) is 12.6 Å². The van der Waals surface area contributed by atoms with Crippen LogP contribution in [0, 0.1) is 13.8 Å². The zero-order valence-corrected chi connectivity index (χ0v) is 15.6. The Balaban J connectivity index is 1.66. The fourth-order valence-corrected chi connectivity index (χ4v) is 3.69. The number of hydrogen-bond acceptors (Lipinski definition) is 8. The number of aryl methyl sites for hydroxylation is 2. The van der Waals surface area contributed by atoms with Crippen LogP contribution in [0.3, 0.4) is 0 Å². The number of anilines is 1. The molecule has 0 aliphatic rings. The number of carbonyl (C=O) groups excluding carboxylic acids is 1. The molecule has 11 heteroatoms. The molecule has 136 valence electrons. The van der Waals surface area contributed by atoms with Gasteiger partial charge in [-0.2, -0.15) is 9.48 Å². The first-order valence-electron chi connectivity index (χ1n) is 8.02. The molecule has 4 aromatic rings. The van der Waals surface area contributed by atoms with E-state index in [1.807, 2.05) is 32.0 Å². The van der Waals surface area contributed by atoms with Crippen LogP contribution in [0.5, 0.6) is 0 Å². The summed E-state index contributed by atoms with van der Waals surface area (Å²) in [5.41, 5.74) is 2.85. The highest BCUT2D eigenvalue weighted by Gasteiger charge is 2.22. The first-order valence-corrected chi connectivity index (χ1v) is 8.83. The third-order valence-electron chi connectivity index (χ3n) is 4.04. The summed E-state index contributed by atoms with van der Waals surface area (Å²) in [6.45, 7) is 3.87. The molecule has 0 bridgehead atoms. The monoisotopic (exact) mass is 381 g/mol. The van der Waals surface area contributed by atoms with Gasteiger partial charge in [0.2, 0.25) is 5.82 Å². The highest BCUT2D eigenvalue weighted by atomic mass is 32.1. The average molecular weight is 381 g/mol. The molecule has 0 aliphatic heterocycles. The van der Waals surface area contributed by atoms with Gasteiger partial charge in [0.15, 0.2) is 0 Å². The van der Waals surface area contributed by atoms with E-state index in [0.717, 1.165) is 16.0 Å². The van der Waals surface area contributed by atoms with Gasteiger partial charge in [-0.05, 0) is 47.2 Å². The van der Waals surface area contributed by atoms with Crippen molar-refractivity contribution in [3.05, 3.63) is 46.6 Å². The first-order chi connectivity index (χ1) is 13.0. The summed E-state index contributed by atoms with van der Waals surface area (Å²) in [6.07, 6.45) is 1.47. The molecular formula is C16H15N9OS. The smallest absolute Gasteiger partial charge is 0.259 e. The summed E-state index contributed by atoms with van der Waals surface area (Å²) in [6, 6.07) is 7.30. The molecule has 1 amide bonds. The normalized spacial score (nSPS) is 10.9. The molecule has 3 heterocycles. The molecule has 27 heavy (non-hydrogen) atoms. The lowest BCUT2D eigenvalue weighted by molar-refractivity contribution is 0.102. The molecule has 0 saturated heterocycles. The highest BCUT2D eigenvalue weighted by molar-refractivity contribution is 7.15. The zero-order valence-electron chi connectivity index (χ0n) is 14.8. The van der Waals surface area contributed by atoms with Crippen LogP contribution in [0.25, 0.3) is 16.4 Å². The number of nitrogens with zero attached hydrogens (tertiary/aromatic N) is 8. The number of aromatic nitrogens is 8. The van der Waals surface area contributed by atoms with Crippen molar-refractivity contribution in [3.63, 3.8) is 0 Å². The van der Waals surface area contributed by atoms with E-state index in [1.165, 1.54) is 27.1 Å². The number of nitrogens with one attached hydrogen (secondary N) is 1. The maximum Gasteiger partial charge on any atom is 0.259 e. The van der Waals surface area contributed by atoms with Gasteiger partial charge in [0.1, 0.15) is 11.3 Å². The Labute approximate surface area is 157 Å². The van der Waals surface area contributed by atoms with Gasteiger partial charge in [-0.3, -0.25) is 4.79 Å². The standard InChI is InChI=1S/C16H15N9OS/c1-9-10(2)27-16(25-8-17-21-23-25)13(9)15(26)18-12-6-4-5-11(7-12)14-19-22-24(3)20-14/h4-8H,1-3H3,(H,18,26). The second kappa shape index (κ2) is 6.68. The van der Waals surface area contributed by atoms with E-state index in [0.29, 0.717) is 22.1 Å². The highest BCUT2D eigenvalue weighted by Crippen LogP contribution is 2.31. The third kappa shape index (κ3) is 3.19. The fraction of sp³-hybridized carbons (Fsp3) is 0.188. The molecule has 10 nitrogen and oxygen atoms in total. The fourth-order valence-electron chi connectivity index (χ4n) is 2.62. The molecule has 0 fully saturated rings. The Morgan fingerprint density at radius 2 is 2.07 bits per heavy atom. The largest absolute Gasteiger partial charge is 0.322 e. The summed E-state index contributed by atoms with van der Waals surface area (Å²) in [5.74, 6) is 0.261. The Morgan fingerprint density at radius 3 is 2.78 bits per heavy atom. The summed E-state index contributed by atoms with van der Waals surface area (Å²) < 4.78 is 1.50. The number of carbonyl (C=O) groups is 1. The molecule has 4 rings (SSSR count). The predicted octanol–water partition coefficient (Wildman–Crippen LogP) is 1.78. The van der Waals surface area contributed by atoms with Crippen molar-refractivity contribution in [2.75, 3.05) is 5.32 Å². The lowest BCUT2D eigenvalue weighted by atomic mass is 10.1. The molecule has 3 aromatic heterocycles. The van der Waals surface area contributed by atoms with E-state index in [9.17, 15) is 4.79 Å². The number of thiophene rings is 1. The number of rotatable bonds is 4. The van der Waals surface area contributed by atoms with Gasteiger partial charge >= 0.3 is 0 Å². The number of hydrogen-bond donors (Lipinski definition) is 1. The summed E-state index contributed by atoms with van der Waals surface area (Å²) in [7, 11) is 1.70. The van der Waals surface area contributed by atoms with Gasteiger partial charge in [-0.1, -0.05) is 12.1 Å². The van der Waals surface area contributed by atoms with E-state index >= 15 is 0 Å². The van der Waals surface area contributed by atoms with Crippen molar-refractivity contribution in [2.45, 2.75) is 13.8 Å². The van der Waals surface area contributed by atoms with Crippen molar-refractivity contribution >= 4 is 22.9 Å². The molecule has 0 atom stereocenters. The maximum absolute atomic E-state index is 13.0. The third-order valence-corrected chi connectivity index (χ3v) is 5.23. The van der Waals surface area contributed by atoms with E-state index in [2.05, 4.69) is 36.3 Å². The van der Waals surface area contributed by atoms with Crippen molar-refractivity contribution in [1.82, 2.24) is 40.4 Å². The van der Waals surface area contributed by atoms with E-state index < -0.39 is 0 Å². The predicted molar refractivity (Wildman–Crippen MR) is 98.7 cm³/mol. The molecule has 0 unspecified atom stereocenters. The van der Waals surface area contributed by atoms with Crippen LogP contribution in [0.2, 0.25) is 0 Å². The Morgan fingerprint density at radius 1 is 1.22 bits per heavy atom. The van der Waals surface area contributed by atoms with Crippen LogP contribution in [-0.4, -0.2) is 46.3 Å². The van der Waals surface area contributed by atoms with Gasteiger partial charge in [-0.15, -0.1) is 26.6 Å². The van der Waals surface area contributed by atoms with Crippen molar-refractivity contribution in [1.29, 1.82) is 0 Å². The Bertz CT molecular complexity index is 1110. The maximum atomic E-state index is 13.0. The SMILES string of the molecule is Cc1sc(-n2cnnn2)c(C(=O)Nc2cccc(-c3nnn(C)n3)c2)c1C.